The third kappa shape index (κ3) is 5.46. The Bertz CT molecular complexity index is 681. The van der Waals surface area contributed by atoms with Crippen molar-refractivity contribution in [1.29, 1.82) is 0 Å². The van der Waals surface area contributed by atoms with Crippen molar-refractivity contribution in [3.05, 3.63) is 36.7 Å². The van der Waals surface area contributed by atoms with Crippen molar-refractivity contribution in [2.24, 2.45) is 7.05 Å². The Kier molecular flexibility index (Phi) is 5.74. The summed E-state index contributed by atoms with van der Waals surface area (Å²) in [4.78, 5) is 22.3. The molecule has 7 nitrogen and oxygen atoms in total. The summed E-state index contributed by atoms with van der Waals surface area (Å²) in [6, 6.07) is 8.32. The summed E-state index contributed by atoms with van der Waals surface area (Å²) in [5.74, 6) is 0.184. The molecule has 1 aromatic heterocycles. The molecule has 121 valence electrons. The second-order valence-corrected chi connectivity index (χ2v) is 4.98. The molecular formula is C16H19N4O3. The monoisotopic (exact) mass is 315 g/mol. The maximum atomic E-state index is 11.6. The zero-order chi connectivity index (χ0) is 16.7. The first-order valence-corrected chi connectivity index (χ1v) is 7.18. The lowest BCUT2D eigenvalue weighted by Crippen LogP contribution is -2.36. The van der Waals surface area contributed by atoms with E-state index in [9.17, 15) is 9.59 Å². The highest BCUT2D eigenvalue weighted by atomic mass is 16.5. The number of nitrogens with zero attached hydrogens (tertiary/aromatic N) is 2. The molecule has 2 amide bonds. The van der Waals surface area contributed by atoms with Crippen LogP contribution in [-0.2, 0) is 16.6 Å². The summed E-state index contributed by atoms with van der Waals surface area (Å²) in [6.07, 6.45) is 3.64. The zero-order valence-corrected chi connectivity index (χ0v) is 13.1. The van der Waals surface area contributed by atoms with Gasteiger partial charge in [0.05, 0.1) is 6.20 Å². The number of nitrogens with one attached hydrogen (secondary N) is 2. The van der Waals surface area contributed by atoms with Gasteiger partial charge in [-0.05, 0) is 29.8 Å². The summed E-state index contributed by atoms with van der Waals surface area (Å²) in [5, 5.41) is 9.37. The Balaban J connectivity index is 1.81. The highest BCUT2D eigenvalue weighted by Crippen LogP contribution is 2.22. The molecule has 0 fully saturated rings. The lowest BCUT2D eigenvalue weighted by atomic mass is 10.1. The molecule has 0 aliphatic carbocycles. The van der Waals surface area contributed by atoms with Crippen molar-refractivity contribution in [2.45, 2.75) is 6.92 Å². The van der Waals surface area contributed by atoms with Crippen molar-refractivity contribution in [3.63, 3.8) is 0 Å². The molecule has 23 heavy (non-hydrogen) atoms. The number of amides is 2. The van der Waals surface area contributed by atoms with Crippen LogP contribution in [0, 0.1) is 6.07 Å². The first-order valence-electron chi connectivity index (χ1n) is 7.18. The number of ether oxygens (including phenoxy) is 1. The van der Waals surface area contributed by atoms with E-state index in [0.29, 0.717) is 18.8 Å². The molecule has 0 aliphatic heterocycles. The maximum absolute atomic E-state index is 11.6. The van der Waals surface area contributed by atoms with E-state index in [0.717, 1.165) is 11.1 Å². The molecule has 0 saturated heterocycles. The highest BCUT2D eigenvalue weighted by molar-refractivity contribution is 5.77. The van der Waals surface area contributed by atoms with Crippen LogP contribution in [0.2, 0.25) is 0 Å². The summed E-state index contributed by atoms with van der Waals surface area (Å²) >= 11 is 0. The number of carbonyl (C=O) groups is 2. The van der Waals surface area contributed by atoms with Crippen LogP contribution in [0.25, 0.3) is 11.1 Å². The van der Waals surface area contributed by atoms with Crippen molar-refractivity contribution < 1.29 is 14.3 Å². The van der Waals surface area contributed by atoms with Gasteiger partial charge in [0, 0.05) is 38.8 Å². The molecule has 0 bridgehead atoms. The number of rotatable bonds is 7. The Morgan fingerprint density at radius 2 is 2.04 bits per heavy atom. The lowest BCUT2D eigenvalue weighted by molar-refractivity contribution is -0.123. The molecule has 1 heterocycles. The number of aromatic nitrogens is 2. The quantitative estimate of drug-likeness (QED) is 0.730. The molecule has 2 N–H and O–H groups in total. The predicted molar refractivity (Wildman–Crippen MR) is 84.7 cm³/mol. The molecule has 0 unspecified atom stereocenters. The molecule has 1 radical (unpaired) electrons. The standard InChI is InChI=1S/C16H19N4O3/c1-12(21)17-6-7-18-16(22)11-23-15-5-3-4-13(8-15)14-9-19-20(2)10-14/h4-5,8-10H,6-7,11H2,1-2H3,(H,17,21)(H,18,22). The molecule has 7 heteroatoms. The van der Waals surface area contributed by atoms with Crippen LogP contribution >= 0.6 is 0 Å². The van der Waals surface area contributed by atoms with Crippen LogP contribution in [0.15, 0.2) is 30.6 Å². The average Bonchev–Trinajstić information content (AvgIpc) is 2.96. The van der Waals surface area contributed by atoms with Gasteiger partial charge in [0.15, 0.2) is 6.61 Å². The Hall–Kier alpha value is -2.83. The van der Waals surface area contributed by atoms with Gasteiger partial charge >= 0.3 is 0 Å². The number of carbonyl (C=O) groups excluding carboxylic acids is 2. The molecule has 2 aromatic rings. The highest BCUT2D eigenvalue weighted by Gasteiger charge is 2.05. The van der Waals surface area contributed by atoms with Gasteiger partial charge in [0.2, 0.25) is 5.91 Å². The van der Waals surface area contributed by atoms with Crippen molar-refractivity contribution >= 4 is 11.8 Å². The number of benzene rings is 1. The van der Waals surface area contributed by atoms with Gasteiger partial charge in [-0.3, -0.25) is 14.3 Å². The third-order valence-electron chi connectivity index (χ3n) is 2.99. The molecule has 0 saturated carbocycles. The first-order chi connectivity index (χ1) is 11.0. The summed E-state index contributed by atoms with van der Waals surface area (Å²) in [5.41, 5.74) is 1.87. The molecule has 0 aliphatic rings. The second kappa shape index (κ2) is 7.98. The minimum Gasteiger partial charge on any atom is -0.484 e. The van der Waals surface area contributed by atoms with Crippen LogP contribution in [-0.4, -0.2) is 41.3 Å². The minimum atomic E-state index is -0.248. The molecular weight excluding hydrogens is 296 g/mol. The van der Waals surface area contributed by atoms with Gasteiger partial charge in [-0.15, -0.1) is 0 Å². The Morgan fingerprint density at radius 1 is 1.26 bits per heavy atom. The van der Waals surface area contributed by atoms with Gasteiger partial charge in [-0.2, -0.15) is 5.10 Å². The van der Waals surface area contributed by atoms with E-state index in [1.165, 1.54) is 6.92 Å². The Morgan fingerprint density at radius 3 is 2.74 bits per heavy atom. The normalized spacial score (nSPS) is 10.2. The van der Waals surface area contributed by atoms with Crippen LogP contribution in [0.5, 0.6) is 5.75 Å². The van der Waals surface area contributed by atoms with Gasteiger partial charge in [-0.1, -0.05) is 0 Å². The number of hydrogen-bond acceptors (Lipinski definition) is 4. The smallest absolute Gasteiger partial charge is 0.258 e. The van der Waals surface area contributed by atoms with E-state index in [1.807, 2.05) is 25.4 Å². The number of hydrogen-bond donors (Lipinski definition) is 2. The van der Waals surface area contributed by atoms with Crippen molar-refractivity contribution in [3.8, 4) is 16.9 Å². The average molecular weight is 315 g/mol. The largest absolute Gasteiger partial charge is 0.484 e. The van der Waals surface area contributed by atoms with Gasteiger partial charge < -0.3 is 15.4 Å². The minimum absolute atomic E-state index is 0.0929. The third-order valence-corrected chi connectivity index (χ3v) is 2.99. The predicted octanol–water partition coefficient (Wildman–Crippen LogP) is 0.518. The van der Waals surface area contributed by atoms with E-state index in [2.05, 4.69) is 21.8 Å². The first kappa shape index (κ1) is 16.5. The molecule has 1 aromatic carbocycles. The molecule has 2 rings (SSSR count). The fourth-order valence-electron chi connectivity index (χ4n) is 1.91. The zero-order valence-electron chi connectivity index (χ0n) is 13.1. The summed E-state index contributed by atoms with van der Waals surface area (Å²) in [7, 11) is 1.85. The van der Waals surface area contributed by atoms with E-state index in [4.69, 9.17) is 4.74 Å². The SMILES string of the molecule is CC(=O)NCCNC(=O)COc1c[c]cc(-c2cnn(C)c2)c1. The van der Waals surface area contributed by atoms with E-state index in [1.54, 1.807) is 16.9 Å². The molecule has 0 atom stereocenters. The fraction of sp³-hybridized carbons (Fsp3) is 0.312. The molecule has 0 spiro atoms. The van der Waals surface area contributed by atoms with Gasteiger partial charge in [-0.25, -0.2) is 0 Å². The van der Waals surface area contributed by atoms with E-state index >= 15 is 0 Å². The lowest BCUT2D eigenvalue weighted by Gasteiger charge is -2.08. The van der Waals surface area contributed by atoms with Crippen LogP contribution < -0.4 is 15.4 Å². The van der Waals surface area contributed by atoms with Crippen LogP contribution in [0.4, 0.5) is 0 Å². The van der Waals surface area contributed by atoms with E-state index in [-0.39, 0.29) is 18.4 Å². The van der Waals surface area contributed by atoms with Crippen molar-refractivity contribution in [1.82, 2.24) is 20.4 Å². The van der Waals surface area contributed by atoms with Gasteiger partial charge in [0.1, 0.15) is 5.75 Å². The Labute approximate surface area is 134 Å². The number of aryl methyl sites for hydroxylation is 1. The van der Waals surface area contributed by atoms with Gasteiger partial charge in [0.25, 0.3) is 5.91 Å². The maximum Gasteiger partial charge on any atom is 0.258 e. The van der Waals surface area contributed by atoms with E-state index < -0.39 is 0 Å². The van der Waals surface area contributed by atoms with Crippen LogP contribution in [0.3, 0.4) is 0 Å². The summed E-state index contributed by atoms with van der Waals surface area (Å²) < 4.78 is 7.17. The second-order valence-electron chi connectivity index (χ2n) is 4.98. The fourth-order valence-corrected chi connectivity index (χ4v) is 1.91. The topological polar surface area (TPSA) is 85.2 Å². The summed E-state index contributed by atoms with van der Waals surface area (Å²) in [6.45, 7) is 2.09. The van der Waals surface area contributed by atoms with Crippen molar-refractivity contribution in [2.75, 3.05) is 19.7 Å². The van der Waals surface area contributed by atoms with Crippen LogP contribution in [0.1, 0.15) is 6.92 Å².